The zero-order chi connectivity index (χ0) is 23.0. The number of hydrogen-bond donors (Lipinski definition) is 4. The normalized spacial score (nSPS) is 16.3. The summed E-state index contributed by atoms with van der Waals surface area (Å²) in [6.07, 6.45) is 6.34. The van der Waals surface area contributed by atoms with Crippen LogP contribution in [0.4, 0.5) is 27.9 Å². The molecule has 11 heteroatoms. The molecule has 4 rings (SSSR count). The number of benzene rings is 1. The molecule has 2 unspecified atom stereocenters. The average Bonchev–Trinajstić information content (AvgIpc) is 3.37. The monoisotopic (exact) mass is 453 g/mol. The van der Waals surface area contributed by atoms with Crippen molar-refractivity contribution >= 4 is 23.5 Å². The standard InChI is InChI=1S/C22H28FN9O/c1-3-17(18-5-4-9-25-18)29-22-31-20(26-12-15-8-10-24-13-27-15)30-21(32-22)28-14-6-7-19(33-2)16(23)11-14/h6-8,10-11,13,17-18,25H,3-5,9,12H2,1-2H3,(H3,26,28,29,30,31,32). The minimum atomic E-state index is -0.477. The maximum atomic E-state index is 14.1. The Kier molecular flexibility index (Phi) is 7.40. The molecule has 4 N–H and O–H groups in total. The summed E-state index contributed by atoms with van der Waals surface area (Å²) >= 11 is 0. The zero-order valence-corrected chi connectivity index (χ0v) is 18.7. The lowest BCUT2D eigenvalue weighted by molar-refractivity contribution is 0.386. The number of nitrogens with zero attached hydrogens (tertiary/aromatic N) is 5. The third-order valence-corrected chi connectivity index (χ3v) is 5.45. The van der Waals surface area contributed by atoms with Gasteiger partial charge in [-0.2, -0.15) is 15.0 Å². The van der Waals surface area contributed by atoms with E-state index >= 15 is 0 Å². The van der Waals surface area contributed by atoms with Crippen molar-refractivity contribution in [1.29, 1.82) is 0 Å². The first-order chi connectivity index (χ1) is 16.1. The highest BCUT2D eigenvalue weighted by molar-refractivity contribution is 5.57. The van der Waals surface area contributed by atoms with E-state index in [-0.39, 0.29) is 17.7 Å². The van der Waals surface area contributed by atoms with Gasteiger partial charge in [0.25, 0.3) is 0 Å². The van der Waals surface area contributed by atoms with Crippen LogP contribution >= 0.6 is 0 Å². The van der Waals surface area contributed by atoms with Gasteiger partial charge in [-0.05, 0) is 44.0 Å². The highest BCUT2D eigenvalue weighted by atomic mass is 19.1. The lowest BCUT2D eigenvalue weighted by Crippen LogP contribution is -2.40. The number of methoxy groups -OCH3 is 1. The molecule has 0 amide bonds. The van der Waals surface area contributed by atoms with Crippen LogP contribution in [0.1, 0.15) is 31.9 Å². The van der Waals surface area contributed by atoms with Crippen molar-refractivity contribution < 1.29 is 9.13 Å². The molecule has 10 nitrogen and oxygen atoms in total. The van der Waals surface area contributed by atoms with E-state index < -0.39 is 5.82 Å². The fourth-order valence-electron chi connectivity index (χ4n) is 3.75. The predicted molar refractivity (Wildman–Crippen MR) is 124 cm³/mol. The molecular formula is C22H28FN9O. The topological polar surface area (TPSA) is 122 Å². The van der Waals surface area contributed by atoms with E-state index in [1.165, 1.54) is 19.5 Å². The Morgan fingerprint density at radius 3 is 2.73 bits per heavy atom. The van der Waals surface area contributed by atoms with Crippen molar-refractivity contribution in [1.82, 2.24) is 30.2 Å². The Labute approximate surface area is 191 Å². The molecule has 1 aromatic carbocycles. The first-order valence-electron chi connectivity index (χ1n) is 11.0. The molecule has 3 heterocycles. The Hall–Kier alpha value is -3.60. The average molecular weight is 454 g/mol. The lowest BCUT2D eigenvalue weighted by Gasteiger charge is -2.24. The number of hydrogen-bond acceptors (Lipinski definition) is 10. The molecule has 0 saturated carbocycles. The van der Waals surface area contributed by atoms with Crippen molar-refractivity contribution in [2.24, 2.45) is 0 Å². The second-order valence-electron chi connectivity index (χ2n) is 7.70. The quantitative estimate of drug-likeness (QED) is 0.364. The SMILES string of the molecule is CCC(Nc1nc(NCc2ccncn2)nc(Nc2ccc(OC)c(F)c2)n1)C1CCCN1. The molecule has 0 aliphatic carbocycles. The van der Waals surface area contributed by atoms with Crippen LogP contribution in [0.25, 0.3) is 0 Å². The van der Waals surface area contributed by atoms with Crippen molar-refractivity contribution in [3.63, 3.8) is 0 Å². The van der Waals surface area contributed by atoms with Gasteiger partial charge in [-0.25, -0.2) is 14.4 Å². The van der Waals surface area contributed by atoms with Crippen LogP contribution in [-0.4, -0.2) is 50.7 Å². The summed E-state index contributed by atoms with van der Waals surface area (Å²) in [7, 11) is 1.42. The van der Waals surface area contributed by atoms with Gasteiger partial charge in [-0.1, -0.05) is 6.92 Å². The summed E-state index contributed by atoms with van der Waals surface area (Å²) in [5, 5.41) is 13.2. The van der Waals surface area contributed by atoms with E-state index in [0.29, 0.717) is 30.2 Å². The zero-order valence-electron chi connectivity index (χ0n) is 18.7. The first kappa shape index (κ1) is 22.6. The highest BCUT2D eigenvalue weighted by Crippen LogP contribution is 2.24. The molecule has 0 spiro atoms. The minimum absolute atomic E-state index is 0.167. The maximum Gasteiger partial charge on any atom is 0.233 e. The van der Waals surface area contributed by atoms with Gasteiger partial charge < -0.3 is 26.0 Å². The summed E-state index contributed by atoms with van der Waals surface area (Å²) in [6.45, 7) is 3.57. The van der Waals surface area contributed by atoms with Gasteiger partial charge >= 0.3 is 0 Å². The summed E-state index contributed by atoms with van der Waals surface area (Å²) in [4.78, 5) is 21.7. The smallest absolute Gasteiger partial charge is 0.233 e. The fraction of sp³-hybridized carbons (Fsp3) is 0.409. The molecule has 1 fully saturated rings. The Morgan fingerprint density at radius 1 is 1.18 bits per heavy atom. The minimum Gasteiger partial charge on any atom is -0.494 e. The third-order valence-electron chi connectivity index (χ3n) is 5.45. The number of rotatable bonds is 10. The summed E-state index contributed by atoms with van der Waals surface area (Å²) in [5.74, 6) is 0.788. The van der Waals surface area contributed by atoms with E-state index in [1.807, 2.05) is 6.07 Å². The molecule has 174 valence electrons. The molecule has 1 aliphatic heterocycles. The number of ether oxygens (including phenoxy) is 1. The second-order valence-corrected chi connectivity index (χ2v) is 7.70. The van der Waals surface area contributed by atoms with E-state index in [9.17, 15) is 4.39 Å². The van der Waals surface area contributed by atoms with Gasteiger partial charge in [0.05, 0.1) is 19.3 Å². The van der Waals surface area contributed by atoms with Crippen LogP contribution in [0.15, 0.2) is 36.8 Å². The van der Waals surface area contributed by atoms with Crippen LogP contribution in [0.5, 0.6) is 5.75 Å². The van der Waals surface area contributed by atoms with Crippen molar-refractivity contribution in [3.8, 4) is 5.75 Å². The van der Waals surface area contributed by atoms with Gasteiger partial charge in [-0.15, -0.1) is 0 Å². The Bertz CT molecular complexity index is 1050. The fourth-order valence-corrected chi connectivity index (χ4v) is 3.75. The van der Waals surface area contributed by atoms with E-state index in [0.717, 1.165) is 31.5 Å². The molecular weight excluding hydrogens is 425 g/mol. The highest BCUT2D eigenvalue weighted by Gasteiger charge is 2.24. The van der Waals surface area contributed by atoms with Gasteiger partial charge in [0.15, 0.2) is 11.6 Å². The largest absolute Gasteiger partial charge is 0.494 e. The molecule has 1 aliphatic rings. The predicted octanol–water partition coefficient (Wildman–Crippen LogP) is 3.11. The molecule has 0 radical (unpaired) electrons. The lowest BCUT2D eigenvalue weighted by atomic mass is 10.0. The van der Waals surface area contributed by atoms with Gasteiger partial charge in [-0.3, -0.25) is 0 Å². The molecule has 2 atom stereocenters. The van der Waals surface area contributed by atoms with Gasteiger partial charge in [0.2, 0.25) is 17.8 Å². The van der Waals surface area contributed by atoms with E-state index in [1.54, 1.807) is 18.3 Å². The number of anilines is 4. The van der Waals surface area contributed by atoms with Crippen LogP contribution in [0.2, 0.25) is 0 Å². The van der Waals surface area contributed by atoms with Gasteiger partial charge in [0.1, 0.15) is 6.33 Å². The van der Waals surface area contributed by atoms with Crippen molar-refractivity contribution in [3.05, 3.63) is 48.3 Å². The molecule has 3 aromatic rings. The first-order valence-corrected chi connectivity index (χ1v) is 11.0. The Balaban J connectivity index is 1.56. The molecule has 0 bridgehead atoms. The molecule has 33 heavy (non-hydrogen) atoms. The number of halogens is 1. The van der Waals surface area contributed by atoms with Crippen LogP contribution in [0.3, 0.4) is 0 Å². The molecule has 1 saturated heterocycles. The summed E-state index contributed by atoms with van der Waals surface area (Å²) in [5.41, 5.74) is 1.30. The van der Waals surface area contributed by atoms with E-state index in [4.69, 9.17) is 4.74 Å². The van der Waals surface area contributed by atoms with Gasteiger partial charge in [0, 0.05) is 30.0 Å². The Morgan fingerprint density at radius 2 is 2.03 bits per heavy atom. The third kappa shape index (κ3) is 6.01. The second kappa shape index (κ2) is 10.8. The van der Waals surface area contributed by atoms with Crippen molar-refractivity contribution in [2.45, 2.75) is 44.8 Å². The van der Waals surface area contributed by atoms with Crippen LogP contribution in [-0.2, 0) is 6.54 Å². The van der Waals surface area contributed by atoms with E-state index in [2.05, 4.69) is 53.1 Å². The van der Waals surface area contributed by atoms with Crippen LogP contribution in [0, 0.1) is 5.82 Å². The summed E-state index contributed by atoms with van der Waals surface area (Å²) < 4.78 is 19.1. The van der Waals surface area contributed by atoms with Crippen molar-refractivity contribution in [2.75, 3.05) is 29.6 Å². The molecule has 2 aromatic heterocycles. The summed E-state index contributed by atoms with van der Waals surface area (Å²) in [6, 6.07) is 6.93. The maximum absolute atomic E-state index is 14.1. The van der Waals surface area contributed by atoms with Crippen LogP contribution < -0.4 is 26.0 Å². The number of aromatic nitrogens is 5. The number of nitrogens with one attached hydrogen (secondary N) is 4.